The monoisotopic (exact) mass is 295 g/mol. The Bertz CT molecular complexity index is 463. The van der Waals surface area contributed by atoms with Gasteiger partial charge in [0, 0.05) is 5.54 Å². The van der Waals surface area contributed by atoms with Crippen LogP contribution in [0.2, 0.25) is 0 Å². The molecule has 1 atom stereocenters. The van der Waals surface area contributed by atoms with Crippen molar-refractivity contribution >= 4 is 11.8 Å². The van der Waals surface area contributed by atoms with Crippen molar-refractivity contribution in [1.82, 2.24) is 15.5 Å². The zero-order valence-electron chi connectivity index (χ0n) is 13.4. The van der Waals surface area contributed by atoms with Crippen LogP contribution in [-0.2, 0) is 9.59 Å². The van der Waals surface area contributed by atoms with Gasteiger partial charge in [-0.2, -0.15) is 0 Å². The van der Waals surface area contributed by atoms with E-state index >= 15 is 0 Å². The highest BCUT2D eigenvalue weighted by Crippen LogP contribution is 2.11. The summed E-state index contributed by atoms with van der Waals surface area (Å²) in [6.07, 6.45) is 1.57. The fourth-order valence-electron chi connectivity index (χ4n) is 1.90. The molecule has 0 unspecified atom stereocenters. The van der Waals surface area contributed by atoms with Crippen molar-refractivity contribution in [3.63, 3.8) is 0 Å². The summed E-state index contributed by atoms with van der Waals surface area (Å²) in [7, 11) is 1.74. The first kappa shape index (κ1) is 17.2. The van der Waals surface area contributed by atoms with Gasteiger partial charge >= 0.3 is 0 Å². The number of hydrogen-bond donors (Lipinski definition) is 2. The van der Waals surface area contributed by atoms with Crippen LogP contribution in [0.4, 0.5) is 0 Å². The van der Waals surface area contributed by atoms with Gasteiger partial charge in [0.25, 0.3) is 0 Å². The van der Waals surface area contributed by atoms with Gasteiger partial charge in [-0.05, 0) is 46.9 Å². The highest BCUT2D eigenvalue weighted by Gasteiger charge is 2.17. The molecule has 0 saturated carbocycles. The molecule has 2 amide bonds. The minimum atomic E-state index is -0.270. The molecular weight excluding hydrogens is 270 g/mol. The number of carbonyl (C=O) groups is 2. The number of furan rings is 1. The predicted octanol–water partition coefficient (Wildman–Crippen LogP) is 1.30. The fourth-order valence-corrected chi connectivity index (χ4v) is 1.90. The summed E-state index contributed by atoms with van der Waals surface area (Å²) in [6, 6.07) is 3.40. The molecule has 6 nitrogen and oxygen atoms in total. The summed E-state index contributed by atoms with van der Waals surface area (Å²) in [6.45, 7) is 7.94. The van der Waals surface area contributed by atoms with Gasteiger partial charge in [0.05, 0.1) is 25.4 Å². The molecule has 0 fully saturated rings. The molecule has 0 aliphatic heterocycles. The summed E-state index contributed by atoms with van der Waals surface area (Å²) in [4.78, 5) is 25.3. The Morgan fingerprint density at radius 1 is 1.29 bits per heavy atom. The van der Waals surface area contributed by atoms with Crippen LogP contribution < -0.4 is 10.6 Å². The van der Waals surface area contributed by atoms with Crippen LogP contribution in [0.3, 0.4) is 0 Å². The van der Waals surface area contributed by atoms with Gasteiger partial charge in [-0.15, -0.1) is 0 Å². The Morgan fingerprint density at radius 3 is 2.43 bits per heavy atom. The van der Waals surface area contributed by atoms with Gasteiger partial charge in [-0.1, -0.05) is 0 Å². The molecule has 0 aliphatic carbocycles. The van der Waals surface area contributed by atoms with E-state index in [1.54, 1.807) is 24.3 Å². The fraction of sp³-hybridized carbons (Fsp3) is 0.600. The molecule has 1 rings (SSSR count). The van der Waals surface area contributed by atoms with Crippen molar-refractivity contribution in [2.24, 2.45) is 0 Å². The number of nitrogens with one attached hydrogen (secondary N) is 2. The minimum absolute atomic E-state index is 0.100. The third kappa shape index (κ3) is 6.94. The van der Waals surface area contributed by atoms with Crippen molar-refractivity contribution in [3.05, 3.63) is 24.2 Å². The Balaban J connectivity index is 2.35. The second kappa shape index (κ2) is 7.26. The topological polar surface area (TPSA) is 74.6 Å². The number of amides is 2. The zero-order chi connectivity index (χ0) is 16.0. The van der Waals surface area contributed by atoms with Gasteiger partial charge in [-0.3, -0.25) is 14.5 Å². The van der Waals surface area contributed by atoms with Crippen molar-refractivity contribution in [3.8, 4) is 0 Å². The van der Waals surface area contributed by atoms with Crippen molar-refractivity contribution in [2.45, 2.75) is 39.3 Å². The first-order valence-corrected chi connectivity index (χ1v) is 6.99. The lowest BCUT2D eigenvalue weighted by Crippen LogP contribution is -2.47. The van der Waals surface area contributed by atoms with E-state index in [0.29, 0.717) is 5.76 Å². The van der Waals surface area contributed by atoms with E-state index < -0.39 is 0 Å². The first-order chi connectivity index (χ1) is 9.67. The van der Waals surface area contributed by atoms with Crippen LogP contribution in [0.5, 0.6) is 0 Å². The second-order valence-corrected chi connectivity index (χ2v) is 6.28. The van der Waals surface area contributed by atoms with E-state index in [-0.39, 0.29) is 36.5 Å². The summed E-state index contributed by atoms with van der Waals surface area (Å²) < 4.78 is 5.23. The molecule has 0 saturated heterocycles. The molecule has 0 aromatic carbocycles. The first-order valence-electron chi connectivity index (χ1n) is 6.99. The van der Waals surface area contributed by atoms with Crippen LogP contribution in [0.15, 0.2) is 22.8 Å². The summed E-state index contributed by atoms with van der Waals surface area (Å²) in [5.41, 5.74) is -0.270. The molecule has 6 heteroatoms. The summed E-state index contributed by atoms with van der Waals surface area (Å²) in [5, 5.41) is 5.69. The lowest BCUT2D eigenvalue weighted by atomic mass is 10.1. The van der Waals surface area contributed by atoms with Crippen LogP contribution in [0.25, 0.3) is 0 Å². The van der Waals surface area contributed by atoms with E-state index in [2.05, 4.69) is 10.6 Å². The van der Waals surface area contributed by atoms with E-state index in [0.717, 1.165) is 0 Å². The molecule has 0 spiro atoms. The van der Waals surface area contributed by atoms with Crippen LogP contribution >= 0.6 is 0 Å². The maximum atomic E-state index is 11.9. The Morgan fingerprint density at radius 2 is 1.90 bits per heavy atom. The van der Waals surface area contributed by atoms with E-state index in [9.17, 15) is 9.59 Å². The molecule has 1 heterocycles. The van der Waals surface area contributed by atoms with Crippen LogP contribution in [0, 0.1) is 0 Å². The van der Waals surface area contributed by atoms with Gasteiger partial charge in [0.15, 0.2) is 0 Å². The van der Waals surface area contributed by atoms with Crippen molar-refractivity contribution in [2.75, 3.05) is 20.1 Å². The van der Waals surface area contributed by atoms with E-state index in [4.69, 9.17) is 4.42 Å². The summed E-state index contributed by atoms with van der Waals surface area (Å²) >= 11 is 0. The van der Waals surface area contributed by atoms with Gasteiger partial charge in [0.1, 0.15) is 5.76 Å². The third-order valence-corrected chi connectivity index (χ3v) is 2.69. The molecule has 2 N–H and O–H groups in total. The average molecular weight is 295 g/mol. The van der Waals surface area contributed by atoms with Gasteiger partial charge in [-0.25, -0.2) is 0 Å². The minimum Gasteiger partial charge on any atom is -0.467 e. The number of rotatable bonds is 6. The maximum absolute atomic E-state index is 11.9. The van der Waals surface area contributed by atoms with Gasteiger partial charge in [0.2, 0.25) is 11.8 Å². The molecular formula is C15H25N3O3. The molecule has 0 radical (unpaired) electrons. The molecule has 118 valence electrons. The normalized spacial score (nSPS) is 13.0. The SMILES string of the molecule is C[C@H](NC(=O)CN(C)CC(=O)NC(C)(C)C)c1ccco1. The number of hydrogen-bond acceptors (Lipinski definition) is 4. The maximum Gasteiger partial charge on any atom is 0.234 e. The van der Waals surface area contributed by atoms with Crippen LogP contribution in [0.1, 0.15) is 39.5 Å². The number of likely N-dealkylation sites (N-methyl/N-ethyl adjacent to an activating group) is 1. The Hall–Kier alpha value is -1.82. The molecule has 1 aromatic rings. The third-order valence-electron chi connectivity index (χ3n) is 2.69. The van der Waals surface area contributed by atoms with Crippen LogP contribution in [-0.4, -0.2) is 42.4 Å². The highest BCUT2D eigenvalue weighted by molar-refractivity contribution is 5.81. The second-order valence-electron chi connectivity index (χ2n) is 6.28. The van der Waals surface area contributed by atoms with E-state index in [1.165, 1.54) is 0 Å². The smallest absolute Gasteiger partial charge is 0.234 e. The van der Waals surface area contributed by atoms with Crippen molar-refractivity contribution in [1.29, 1.82) is 0 Å². The molecule has 21 heavy (non-hydrogen) atoms. The zero-order valence-corrected chi connectivity index (χ0v) is 13.4. The van der Waals surface area contributed by atoms with Crippen molar-refractivity contribution < 1.29 is 14.0 Å². The van der Waals surface area contributed by atoms with E-state index in [1.807, 2.05) is 33.8 Å². The average Bonchev–Trinajstić information content (AvgIpc) is 2.77. The molecule has 0 bridgehead atoms. The van der Waals surface area contributed by atoms with Gasteiger partial charge < -0.3 is 15.1 Å². The standard InChI is InChI=1S/C15H25N3O3/c1-11(12-7-6-8-21-12)16-13(19)9-18(5)10-14(20)17-15(2,3)4/h6-8,11H,9-10H2,1-5H3,(H,16,19)(H,17,20)/t11-/m0/s1. The highest BCUT2D eigenvalue weighted by atomic mass is 16.3. The number of nitrogens with zero attached hydrogens (tertiary/aromatic N) is 1. The quantitative estimate of drug-likeness (QED) is 0.829. The Kier molecular flexibility index (Phi) is 5.96. The largest absolute Gasteiger partial charge is 0.467 e. The summed E-state index contributed by atoms with van der Waals surface area (Å²) in [5.74, 6) is 0.457. The number of carbonyl (C=O) groups excluding carboxylic acids is 2. The molecule has 1 aromatic heterocycles. The molecule has 0 aliphatic rings. The lowest BCUT2D eigenvalue weighted by Gasteiger charge is -2.23. The predicted molar refractivity (Wildman–Crippen MR) is 80.7 cm³/mol. The lowest BCUT2D eigenvalue weighted by molar-refractivity contribution is -0.125. The Labute approximate surface area is 125 Å².